The summed E-state index contributed by atoms with van der Waals surface area (Å²) in [5.74, 6) is -0.261. The molecule has 1 fully saturated rings. The Kier molecular flexibility index (Phi) is 5.91. The van der Waals surface area contributed by atoms with E-state index in [9.17, 15) is 9.18 Å². The number of carbonyl (C=O) groups is 1. The van der Waals surface area contributed by atoms with Crippen LogP contribution < -0.4 is 10.1 Å². The molecule has 1 amide bonds. The van der Waals surface area contributed by atoms with Crippen LogP contribution in [0.25, 0.3) is 0 Å². The van der Waals surface area contributed by atoms with Gasteiger partial charge in [-0.2, -0.15) is 11.8 Å². The smallest absolute Gasteiger partial charge is 0.224 e. The molecule has 2 rings (SSSR count). The van der Waals surface area contributed by atoms with Crippen molar-refractivity contribution < 1.29 is 13.9 Å². The molecule has 1 aromatic rings. The standard InChI is InChI=1S/C16H22FNO2S/c1-20-15-7-6-11(8-14(15)17)9-16(19)18-12-4-3-5-13(10-12)21-2/h6-8,12-13H,3-5,9-10H2,1-2H3,(H,18,19)/t12-,13+/m0/s1. The van der Waals surface area contributed by atoms with E-state index in [1.54, 1.807) is 12.1 Å². The van der Waals surface area contributed by atoms with Gasteiger partial charge in [-0.05, 0) is 43.2 Å². The van der Waals surface area contributed by atoms with Gasteiger partial charge in [-0.15, -0.1) is 0 Å². The third kappa shape index (κ3) is 4.63. The van der Waals surface area contributed by atoms with Gasteiger partial charge in [0.1, 0.15) is 0 Å². The average Bonchev–Trinajstić information content (AvgIpc) is 2.47. The number of halogens is 1. The second kappa shape index (κ2) is 7.69. The minimum atomic E-state index is -0.428. The van der Waals surface area contributed by atoms with Crippen LogP contribution in [0.4, 0.5) is 4.39 Å². The monoisotopic (exact) mass is 311 g/mol. The van der Waals surface area contributed by atoms with Crippen molar-refractivity contribution >= 4 is 17.7 Å². The topological polar surface area (TPSA) is 38.3 Å². The van der Waals surface area contributed by atoms with Crippen LogP contribution in [-0.4, -0.2) is 30.6 Å². The largest absolute Gasteiger partial charge is 0.494 e. The highest BCUT2D eigenvalue weighted by atomic mass is 32.2. The fourth-order valence-corrected chi connectivity index (χ4v) is 3.60. The van der Waals surface area contributed by atoms with Crippen LogP contribution >= 0.6 is 11.8 Å². The third-order valence-electron chi connectivity index (χ3n) is 3.91. The molecule has 1 aliphatic rings. The van der Waals surface area contributed by atoms with Crippen molar-refractivity contribution in [2.24, 2.45) is 0 Å². The lowest BCUT2D eigenvalue weighted by molar-refractivity contribution is -0.121. The van der Waals surface area contributed by atoms with Gasteiger partial charge in [-0.1, -0.05) is 12.5 Å². The molecule has 0 aromatic heterocycles. The number of rotatable bonds is 5. The Morgan fingerprint density at radius 2 is 2.29 bits per heavy atom. The molecule has 0 unspecified atom stereocenters. The first-order chi connectivity index (χ1) is 10.1. The maximum absolute atomic E-state index is 13.6. The van der Waals surface area contributed by atoms with Gasteiger partial charge < -0.3 is 10.1 Å². The van der Waals surface area contributed by atoms with Gasteiger partial charge in [0, 0.05) is 11.3 Å². The summed E-state index contributed by atoms with van der Waals surface area (Å²) in [6.45, 7) is 0. The number of amides is 1. The molecule has 3 nitrogen and oxygen atoms in total. The minimum Gasteiger partial charge on any atom is -0.494 e. The van der Waals surface area contributed by atoms with Gasteiger partial charge in [0.05, 0.1) is 13.5 Å². The van der Waals surface area contributed by atoms with Gasteiger partial charge in [0.2, 0.25) is 5.91 Å². The molecule has 116 valence electrons. The number of nitrogens with one attached hydrogen (secondary N) is 1. The predicted octanol–water partition coefficient (Wildman–Crippen LogP) is 3.17. The van der Waals surface area contributed by atoms with Crippen LogP contribution in [-0.2, 0) is 11.2 Å². The fourth-order valence-electron chi connectivity index (χ4n) is 2.77. The number of benzene rings is 1. The molecule has 1 saturated carbocycles. The Morgan fingerprint density at radius 1 is 1.48 bits per heavy atom. The van der Waals surface area contributed by atoms with E-state index in [1.807, 2.05) is 11.8 Å². The van der Waals surface area contributed by atoms with E-state index < -0.39 is 5.82 Å². The summed E-state index contributed by atoms with van der Waals surface area (Å²) in [5, 5.41) is 3.71. The Bertz CT molecular complexity index is 495. The lowest BCUT2D eigenvalue weighted by Gasteiger charge is -2.28. The Morgan fingerprint density at radius 3 is 2.95 bits per heavy atom. The molecule has 0 radical (unpaired) electrons. The Balaban J connectivity index is 1.88. The van der Waals surface area contributed by atoms with Crippen LogP contribution in [0.2, 0.25) is 0 Å². The summed E-state index contributed by atoms with van der Waals surface area (Å²) < 4.78 is 18.5. The van der Waals surface area contributed by atoms with Crippen molar-refractivity contribution in [1.29, 1.82) is 0 Å². The summed E-state index contributed by atoms with van der Waals surface area (Å²) in [5.41, 5.74) is 0.669. The second-order valence-corrected chi connectivity index (χ2v) is 6.57. The quantitative estimate of drug-likeness (QED) is 0.908. The van der Waals surface area contributed by atoms with E-state index >= 15 is 0 Å². The summed E-state index contributed by atoms with van der Waals surface area (Å²) in [7, 11) is 1.43. The number of ether oxygens (including phenoxy) is 1. The molecule has 5 heteroatoms. The lowest BCUT2D eigenvalue weighted by atomic mass is 9.94. The first-order valence-electron chi connectivity index (χ1n) is 7.27. The first-order valence-corrected chi connectivity index (χ1v) is 8.55. The van der Waals surface area contributed by atoms with Crippen molar-refractivity contribution in [3.05, 3.63) is 29.6 Å². The van der Waals surface area contributed by atoms with Crippen LogP contribution in [0.5, 0.6) is 5.75 Å². The minimum absolute atomic E-state index is 0.0358. The van der Waals surface area contributed by atoms with Crippen LogP contribution in [0.15, 0.2) is 18.2 Å². The number of hydrogen-bond acceptors (Lipinski definition) is 3. The molecular formula is C16H22FNO2S. The normalized spacial score (nSPS) is 21.9. The molecule has 1 aromatic carbocycles. The average molecular weight is 311 g/mol. The third-order valence-corrected chi connectivity index (χ3v) is 5.00. The van der Waals surface area contributed by atoms with Crippen molar-refractivity contribution in [2.45, 2.75) is 43.4 Å². The molecule has 2 atom stereocenters. The van der Waals surface area contributed by atoms with E-state index in [-0.39, 0.29) is 24.1 Å². The second-order valence-electron chi connectivity index (χ2n) is 5.43. The van der Waals surface area contributed by atoms with Gasteiger partial charge in [-0.3, -0.25) is 4.79 Å². The van der Waals surface area contributed by atoms with E-state index in [1.165, 1.54) is 19.6 Å². The molecule has 0 spiro atoms. The zero-order valence-corrected chi connectivity index (χ0v) is 13.3. The highest BCUT2D eigenvalue weighted by molar-refractivity contribution is 7.99. The Hall–Kier alpha value is -1.23. The van der Waals surface area contributed by atoms with Crippen molar-refractivity contribution in [2.75, 3.05) is 13.4 Å². The van der Waals surface area contributed by atoms with Gasteiger partial charge >= 0.3 is 0 Å². The molecule has 0 aliphatic heterocycles. The summed E-state index contributed by atoms with van der Waals surface area (Å²) in [4.78, 5) is 12.1. The van der Waals surface area contributed by atoms with Crippen molar-refractivity contribution in [1.82, 2.24) is 5.32 Å². The molecule has 0 bridgehead atoms. The highest BCUT2D eigenvalue weighted by Crippen LogP contribution is 2.27. The lowest BCUT2D eigenvalue weighted by Crippen LogP contribution is -2.39. The molecular weight excluding hydrogens is 289 g/mol. The maximum atomic E-state index is 13.6. The van der Waals surface area contributed by atoms with E-state index in [0.29, 0.717) is 10.8 Å². The zero-order valence-electron chi connectivity index (χ0n) is 12.5. The van der Waals surface area contributed by atoms with Crippen LogP contribution in [0.3, 0.4) is 0 Å². The number of methoxy groups -OCH3 is 1. The summed E-state index contributed by atoms with van der Waals surface area (Å²) in [6.07, 6.45) is 6.80. The first kappa shape index (κ1) is 16.1. The highest BCUT2D eigenvalue weighted by Gasteiger charge is 2.22. The van der Waals surface area contributed by atoms with E-state index in [2.05, 4.69) is 11.6 Å². The predicted molar refractivity (Wildman–Crippen MR) is 84.4 cm³/mol. The van der Waals surface area contributed by atoms with Crippen LogP contribution in [0, 0.1) is 5.82 Å². The van der Waals surface area contributed by atoms with Crippen molar-refractivity contribution in [3.63, 3.8) is 0 Å². The number of hydrogen-bond donors (Lipinski definition) is 1. The fraction of sp³-hybridized carbons (Fsp3) is 0.562. The van der Waals surface area contributed by atoms with E-state index in [0.717, 1.165) is 19.3 Å². The molecule has 1 aliphatic carbocycles. The van der Waals surface area contributed by atoms with Crippen LogP contribution in [0.1, 0.15) is 31.2 Å². The Labute approximate surface area is 129 Å². The molecule has 21 heavy (non-hydrogen) atoms. The summed E-state index contributed by atoms with van der Waals surface area (Å²) >= 11 is 1.87. The SMILES string of the molecule is COc1ccc(CC(=O)N[C@H]2CCC[C@@H](SC)C2)cc1F. The van der Waals surface area contributed by atoms with E-state index in [4.69, 9.17) is 4.74 Å². The van der Waals surface area contributed by atoms with Crippen molar-refractivity contribution in [3.8, 4) is 5.75 Å². The number of thioether (sulfide) groups is 1. The van der Waals surface area contributed by atoms with Gasteiger partial charge in [0.25, 0.3) is 0 Å². The zero-order chi connectivity index (χ0) is 15.2. The van der Waals surface area contributed by atoms with Gasteiger partial charge in [0.15, 0.2) is 11.6 Å². The molecule has 0 saturated heterocycles. The van der Waals surface area contributed by atoms with Gasteiger partial charge in [-0.25, -0.2) is 4.39 Å². The molecule has 0 heterocycles. The molecule has 1 N–H and O–H groups in total. The summed E-state index contributed by atoms with van der Waals surface area (Å²) in [6, 6.07) is 4.91. The number of carbonyl (C=O) groups excluding carboxylic acids is 1. The maximum Gasteiger partial charge on any atom is 0.224 e.